The molecule has 72 heavy (non-hydrogen) atoms. The molecular formula is C54H52N4O12S2. The second kappa shape index (κ2) is 21.6. The highest BCUT2D eigenvalue weighted by molar-refractivity contribution is 7.93. The summed E-state index contributed by atoms with van der Waals surface area (Å²) in [4.78, 5) is 45.5. The van der Waals surface area contributed by atoms with Crippen molar-refractivity contribution in [2.45, 2.75) is 63.2 Å². The summed E-state index contributed by atoms with van der Waals surface area (Å²) >= 11 is 0. The maximum Gasteiger partial charge on any atom is 0.338 e. The molecule has 16 nitrogen and oxygen atoms in total. The topological polar surface area (TPSA) is 214 Å². The van der Waals surface area contributed by atoms with Gasteiger partial charge in [-0.3, -0.25) is 28.8 Å². The Morgan fingerprint density at radius 1 is 0.542 bits per heavy atom. The molecule has 0 bridgehead atoms. The van der Waals surface area contributed by atoms with Crippen molar-refractivity contribution in [3.8, 4) is 0 Å². The predicted molar refractivity (Wildman–Crippen MR) is 275 cm³/mol. The Labute approximate surface area is 418 Å². The average molecular weight is 1010 g/mol. The molecule has 8 rings (SSSR count). The van der Waals surface area contributed by atoms with Gasteiger partial charge in [-0.25, -0.2) is 26.4 Å². The van der Waals surface area contributed by atoms with E-state index >= 15 is 0 Å². The molecule has 0 aliphatic carbocycles. The number of sulfonamides is 2. The molecule has 6 aromatic rings. The minimum absolute atomic E-state index is 0.00130. The smallest absolute Gasteiger partial charge is 0.338 e. The van der Waals surface area contributed by atoms with Crippen LogP contribution in [0.25, 0.3) is 12.2 Å². The molecule has 0 fully saturated rings. The highest BCUT2D eigenvalue weighted by Crippen LogP contribution is 2.44. The maximum atomic E-state index is 13.4. The fourth-order valence-electron chi connectivity index (χ4n) is 8.57. The van der Waals surface area contributed by atoms with Crippen LogP contribution in [0.5, 0.6) is 0 Å². The molecule has 2 atom stereocenters. The molecule has 0 spiro atoms. The third kappa shape index (κ3) is 11.1. The molecule has 2 aliphatic rings. The maximum absolute atomic E-state index is 13.4. The fourth-order valence-corrected chi connectivity index (χ4v) is 11.7. The Morgan fingerprint density at radius 2 is 0.875 bits per heavy atom. The van der Waals surface area contributed by atoms with Gasteiger partial charge in [0.25, 0.3) is 31.4 Å². The number of nitro groups is 2. The van der Waals surface area contributed by atoms with E-state index in [1.807, 2.05) is 78.0 Å². The molecule has 0 saturated carbocycles. The number of non-ortho nitro benzene ring substituents is 2. The molecule has 0 unspecified atom stereocenters. The van der Waals surface area contributed by atoms with E-state index in [0.717, 1.165) is 44.5 Å². The molecule has 0 radical (unpaired) electrons. The van der Waals surface area contributed by atoms with E-state index in [0.29, 0.717) is 24.5 Å². The lowest BCUT2D eigenvalue weighted by Crippen LogP contribution is -2.29. The van der Waals surface area contributed by atoms with E-state index in [-0.39, 0.29) is 57.3 Å². The normalized spacial score (nSPS) is 15.2. The van der Waals surface area contributed by atoms with Crippen LogP contribution in [0.2, 0.25) is 0 Å². The van der Waals surface area contributed by atoms with Crippen molar-refractivity contribution in [2.24, 2.45) is 0 Å². The minimum atomic E-state index is -3.71. The molecule has 0 amide bonds. The number of carbonyl (C=O) groups is 2. The van der Waals surface area contributed by atoms with E-state index in [2.05, 4.69) is 0 Å². The van der Waals surface area contributed by atoms with Gasteiger partial charge in [0, 0.05) is 49.2 Å². The van der Waals surface area contributed by atoms with Crippen LogP contribution in [-0.4, -0.2) is 64.9 Å². The number of fused-ring (bicyclic) bond motifs is 2. The molecule has 2 aliphatic heterocycles. The second-order valence-electron chi connectivity index (χ2n) is 17.6. The lowest BCUT2D eigenvalue weighted by molar-refractivity contribution is -0.385. The third-order valence-electron chi connectivity index (χ3n) is 12.4. The molecule has 0 saturated heterocycles. The molecular weight excluding hydrogens is 961 g/mol. The second-order valence-corrected chi connectivity index (χ2v) is 21.3. The number of nitro benzene ring substituents is 2. The lowest BCUT2D eigenvalue weighted by Gasteiger charge is -2.20. The van der Waals surface area contributed by atoms with Crippen LogP contribution in [0.4, 0.5) is 22.7 Å². The minimum Gasteiger partial charge on any atom is -0.458 e. The summed E-state index contributed by atoms with van der Waals surface area (Å²) in [6, 6.07) is 31.5. The number of ether oxygens (including phenoxy) is 2. The van der Waals surface area contributed by atoms with Crippen LogP contribution < -0.4 is 8.61 Å². The average Bonchev–Trinajstić information content (AvgIpc) is 3.89. The van der Waals surface area contributed by atoms with E-state index < -0.39 is 41.8 Å². The van der Waals surface area contributed by atoms with Crippen LogP contribution in [-0.2, 0) is 29.5 Å². The van der Waals surface area contributed by atoms with Gasteiger partial charge in [-0.1, -0.05) is 73.5 Å². The van der Waals surface area contributed by atoms with E-state index in [9.17, 15) is 46.7 Å². The number of esters is 2. The van der Waals surface area contributed by atoms with Gasteiger partial charge in [0.05, 0.1) is 42.1 Å². The Kier molecular flexibility index (Phi) is 15.5. The zero-order valence-electron chi connectivity index (χ0n) is 40.3. The largest absolute Gasteiger partial charge is 0.458 e. The van der Waals surface area contributed by atoms with Crippen molar-refractivity contribution in [1.29, 1.82) is 0 Å². The molecule has 0 aromatic heterocycles. The highest BCUT2D eigenvalue weighted by atomic mass is 32.2. The number of benzene rings is 6. The van der Waals surface area contributed by atoms with Crippen LogP contribution in [0, 0.1) is 47.9 Å². The molecule has 372 valence electrons. The first kappa shape index (κ1) is 51.9. The molecule has 2 heterocycles. The van der Waals surface area contributed by atoms with Crippen LogP contribution in [0.15, 0.2) is 143 Å². The number of rotatable bonds is 14. The number of hydrogen-bond acceptors (Lipinski definition) is 12. The van der Waals surface area contributed by atoms with E-state index in [1.54, 1.807) is 60.7 Å². The van der Waals surface area contributed by atoms with E-state index in [1.165, 1.54) is 57.1 Å². The highest BCUT2D eigenvalue weighted by Gasteiger charge is 2.37. The van der Waals surface area contributed by atoms with Crippen molar-refractivity contribution >= 4 is 66.9 Å². The zero-order valence-corrected chi connectivity index (χ0v) is 42.0. The number of carbonyl (C=O) groups excluding carboxylic acids is 2. The van der Waals surface area contributed by atoms with Gasteiger partial charge >= 0.3 is 11.9 Å². The summed E-state index contributed by atoms with van der Waals surface area (Å²) < 4.78 is 67.0. The monoisotopic (exact) mass is 1010 g/mol. The Balaban J connectivity index is 0.000000211. The summed E-state index contributed by atoms with van der Waals surface area (Å²) in [5.74, 6) is -1.23. The molecule has 6 aromatic carbocycles. The van der Waals surface area contributed by atoms with Gasteiger partial charge in [-0.05, 0) is 134 Å². The predicted octanol–water partition coefficient (Wildman–Crippen LogP) is 10.8. The summed E-state index contributed by atoms with van der Waals surface area (Å²) in [7, 11) is -7.42. The summed E-state index contributed by atoms with van der Waals surface area (Å²) in [5, 5.41) is 21.5. The van der Waals surface area contributed by atoms with Crippen LogP contribution in [0.3, 0.4) is 0 Å². The Bertz CT molecular complexity index is 3110. The third-order valence-corrected chi connectivity index (χ3v) is 16.0. The first-order valence-corrected chi connectivity index (χ1v) is 25.7. The fraction of sp³-hybridized carbons (Fsp3) is 0.222. The van der Waals surface area contributed by atoms with Gasteiger partial charge in [-0.15, -0.1) is 0 Å². The van der Waals surface area contributed by atoms with Crippen molar-refractivity contribution < 1.29 is 45.7 Å². The first-order chi connectivity index (χ1) is 34.2. The Hall–Kier alpha value is -7.96. The van der Waals surface area contributed by atoms with Crippen LogP contribution in [0.1, 0.15) is 90.9 Å². The van der Waals surface area contributed by atoms with Crippen molar-refractivity contribution in [2.75, 3.05) is 34.9 Å². The number of anilines is 2. The number of nitrogens with zero attached hydrogens (tertiary/aromatic N) is 4. The van der Waals surface area contributed by atoms with Gasteiger partial charge < -0.3 is 9.47 Å². The standard InChI is InChI=1S/2C27H26N2O6S/c2*1-18-6-13-23(14-7-18)36(33,34)28-17-20(3)26-24(19(2)8-15-25(26)28)5-4-16-35-27(30)21-9-11-22(12-10-21)29(31)32/h2*4-15,20H,16-17H2,1-3H3/b2*5-4+/t2*20-/m10/s1. The van der Waals surface area contributed by atoms with Crippen molar-refractivity contribution in [1.82, 2.24) is 0 Å². The molecule has 18 heteroatoms. The summed E-state index contributed by atoms with van der Waals surface area (Å²) in [5.41, 5.74) is 9.12. The van der Waals surface area contributed by atoms with Gasteiger partial charge in [-0.2, -0.15) is 0 Å². The SMILES string of the molecule is Cc1ccc(S(=O)(=O)N2C[C@@H](C)c3c2ccc(C)c3/C=C/COC(=O)c2ccc([N+](=O)[O-])cc2)cc1.Cc1ccc(S(=O)(=O)N2C[C@H](C)c3c2ccc(C)c3/C=C/COC(=O)c2ccc([N+](=O)[O-])cc2)cc1. The Morgan fingerprint density at radius 3 is 1.19 bits per heavy atom. The number of aryl methyl sites for hydroxylation is 4. The van der Waals surface area contributed by atoms with Gasteiger partial charge in [0.1, 0.15) is 13.2 Å². The van der Waals surface area contributed by atoms with Crippen LogP contribution >= 0.6 is 0 Å². The first-order valence-electron chi connectivity index (χ1n) is 22.8. The quantitative estimate of drug-likeness (QED) is 0.0566. The summed E-state index contributed by atoms with van der Waals surface area (Å²) in [6.07, 6.45) is 7.09. The van der Waals surface area contributed by atoms with Crippen molar-refractivity contribution in [3.63, 3.8) is 0 Å². The lowest BCUT2D eigenvalue weighted by atomic mass is 9.93. The molecule has 0 N–H and O–H groups in total. The zero-order chi connectivity index (χ0) is 52.1. The number of hydrogen-bond donors (Lipinski definition) is 0. The van der Waals surface area contributed by atoms with E-state index in [4.69, 9.17) is 9.47 Å². The van der Waals surface area contributed by atoms with Gasteiger partial charge in [0.2, 0.25) is 0 Å². The summed E-state index contributed by atoms with van der Waals surface area (Å²) in [6.45, 7) is 12.4. The van der Waals surface area contributed by atoms with Crippen molar-refractivity contribution in [3.05, 3.63) is 209 Å². The van der Waals surface area contributed by atoms with Gasteiger partial charge in [0.15, 0.2) is 0 Å².